The molecular weight excluding hydrogens is 260 g/mol. The second-order valence-corrected chi connectivity index (χ2v) is 5.18. The van der Waals surface area contributed by atoms with E-state index in [2.05, 4.69) is 9.97 Å². The number of anilines is 1. The van der Waals surface area contributed by atoms with Crippen LogP contribution >= 0.6 is 0 Å². The van der Waals surface area contributed by atoms with Gasteiger partial charge in [-0.2, -0.15) is 0 Å². The third-order valence-electron chi connectivity index (χ3n) is 3.89. The van der Waals surface area contributed by atoms with Crippen LogP contribution in [0.2, 0.25) is 0 Å². The van der Waals surface area contributed by atoms with E-state index in [1.807, 2.05) is 4.90 Å². The molecule has 1 aromatic heterocycles. The minimum absolute atomic E-state index is 0.00699. The van der Waals surface area contributed by atoms with Crippen molar-refractivity contribution in [3.8, 4) is 0 Å². The van der Waals surface area contributed by atoms with E-state index in [4.69, 9.17) is 5.11 Å². The number of carbonyl (C=O) groups is 2. The van der Waals surface area contributed by atoms with Crippen LogP contribution in [0.25, 0.3) is 0 Å². The SMILES string of the molecule is O=C(O)C1CN(C(=O)C2CCCN2c2ncccn2)C1. The Morgan fingerprint density at radius 1 is 1.25 bits per heavy atom. The number of aromatic nitrogens is 2. The Morgan fingerprint density at radius 3 is 2.60 bits per heavy atom. The molecule has 1 aromatic rings. The Kier molecular flexibility index (Phi) is 3.25. The van der Waals surface area contributed by atoms with Crippen LogP contribution in [-0.4, -0.2) is 57.5 Å². The summed E-state index contributed by atoms with van der Waals surface area (Å²) in [5.41, 5.74) is 0. The number of carbonyl (C=O) groups excluding carboxylic acids is 1. The average Bonchev–Trinajstić information content (AvgIpc) is 2.86. The van der Waals surface area contributed by atoms with Gasteiger partial charge < -0.3 is 14.9 Å². The van der Waals surface area contributed by atoms with Gasteiger partial charge in [0.1, 0.15) is 6.04 Å². The summed E-state index contributed by atoms with van der Waals surface area (Å²) in [6.07, 6.45) is 5.01. The Labute approximate surface area is 116 Å². The standard InChI is InChI=1S/C13H16N4O3/c18-11(16-7-9(8-16)12(19)20)10-3-1-6-17(10)13-14-4-2-5-15-13/h2,4-5,9-10H,1,3,6-8H2,(H,19,20). The summed E-state index contributed by atoms with van der Waals surface area (Å²) in [7, 11) is 0. The molecule has 3 heterocycles. The van der Waals surface area contributed by atoms with Gasteiger partial charge in [-0.05, 0) is 18.9 Å². The first-order valence-corrected chi connectivity index (χ1v) is 6.72. The van der Waals surface area contributed by atoms with Gasteiger partial charge in [0, 0.05) is 32.0 Å². The van der Waals surface area contributed by atoms with Crippen LogP contribution in [0.5, 0.6) is 0 Å². The monoisotopic (exact) mass is 276 g/mol. The van der Waals surface area contributed by atoms with Gasteiger partial charge in [0.05, 0.1) is 5.92 Å². The molecule has 0 spiro atoms. The van der Waals surface area contributed by atoms with Gasteiger partial charge in [0.15, 0.2) is 0 Å². The molecule has 20 heavy (non-hydrogen) atoms. The second-order valence-electron chi connectivity index (χ2n) is 5.18. The molecule has 1 atom stereocenters. The number of carboxylic acids is 1. The van der Waals surface area contributed by atoms with E-state index in [-0.39, 0.29) is 11.9 Å². The van der Waals surface area contributed by atoms with Crippen molar-refractivity contribution in [1.82, 2.24) is 14.9 Å². The quantitative estimate of drug-likeness (QED) is 0.835. The largest absolute Gasteiger partial charge is 0.481 e. The van der Waals surface area contributed by atoms with E-state index < -0.39 is 11.9 Å². The molecule has 1 unspecified atom stereocenters. The van der Waals surface area contributed by atoms with Crippen LogP contribution in [0.15, 0.2) is 18.5 Å². The van der Waals surface area contributed by atoms with Gasteiger partial charge in [-0.3, -0.25) is 9.59 Å². The maximum Gasteiger partial charge on any atom is 0.310 e. The van der Waals surface area contributed by atoms with Crippen LogP contribution in [0.3, 0.4) is 0 Å². The van der Waals surface area contributed by atoms with Crippen LogP contribution in [0, 0.1) is 5.92 Å². The molecular formula is C13H16N4O3. The van der Waals surface area contributed by atoms with E-state index in [0.29, 0.717) is 19.0 Å². The lowest BCUT2D eigenvalue weighted by molar-refractivity contribution is -0.153. The Balaban J connectivity index is 1.67. The predicted octanol–water partition coefficient (Wildman–Crippen LogP) is -0.0116. The number of hydrogen-bond acceptors (Lipinski definition) is 5. The van der Waals surface area contributed by atoms with Gasteiger partial charge in [-0.1, -0.05) is 0 Å². The van der Waals surface area contributed by atoms with E-state index >= 15 is 0 Å². The van der Waals surface area contributed by atoms with E-state index in [0.717, 1.165) is 19.4 Å². The zero-order chi connectivity index (χ0) is 14.1. The zero-order valence-corrected chi connectivity index (χ0v) is 11.0. The Hall–Kier alpha value is -2.18. The van der Waals surface area contributed by atoms with Crippen molar-refractivity contribution in [2.75, 3.05) is 24.5 Å². The second kappa shape index (κ2) is 5.07. The first-order valence-electron chi connectivity index (χ1n) is 6.72. The molecule has 2 aliphatic rings. The smallest absolute Gasteiger partial charge is 0.310 e. The normalized spacial score (nSPS) is 22.7. The van der Waals surface area contributed by atoms with Crippen LogP contribution in [-0.2, 0) is 9.59 Å². The molecule has 1 amide bonds. The average molecular weight is 276 g/mol. The van der Waals surface area contributed by atoms with Crippen molar-refractivity contribution in [3.05, 3.63) is 18.5 Å². The molecule has 0 aromatic carbocycles. The maximum absolute atomic E-state index is 12.4. The molecule has 2 fully saturated rings. The van der Waals surface area contributed by atoms with E-state index in [9.17, 15) is 9.59 Å². The summed E-state index contributed by atoms with van der Waals surface area (Å²) >= 11 is 0. The van der Waals surface area contributed by atoms with Crippen molar-refractivity contribution >= 4 is 17.8 Å². The zero-order valence-electron chi connectivity index (χ0n) is 11.0. The summed E-state index contributed by atoms with van der Waals surface area (Å²) in [6, 6.07) is 1.48. The van der Waals surface area contributed by atoms with Crippen LogP contribution in [0.4, 0.5) is 5.95 Å². The number of hydrogen-bond donors (Lipinski definition) is 1. The third-order valence-corrected chi connectivity index (χ3v) is 3.89. The van der Waals surface area contributed by atoms with Crippen molar-refractivity contribution in [2.24, 2.45) is 5.92 Å². The molecule has 0 saturated carbocycles. The first-order chi connectivity index (χ1) is 9.66. The lowest BCUT2D eigenvalue weighted by Crippen LogP contribution is -2.57. The highest BCUT2D eigenvalue weighted by Crippen LogP contribution is 2.26. The summed E-state index contributed by atoms with van der Waals surface area (Å²) in [5, 5.41) is 8.86. The van der Waals surface area contributed by atoms with E-state index in [1.54, 1.807) is 23.4 Å². The summed E-state index contributed by atoms with van der Waals surface area (Å²) in [6.45, 7) is 1.39. The lowest BCUT2D eigenvalue weighted by atomic mass is 9.99. The number of nitrogens with zero attached hydrogens (tertiary/aromatic N) is 4. The van der Waals surface area contributed by atoms with Gasteiger partial charge >= 0.3 is 5.97 Å². The Bertz CT molecular complexity index is 516. The maximum atomic E-state index is 12.4. The summed E-state index contributed by atoms with van der Waals surface area (Å²) in [5.74, 6) is -0.684. The molecule has 1 N–H and O–H groups in total. The summed E-state index contributed by atoms with van der Waals surface area (Å²) in [4.78, 5) is 35.1. The minimum atomic E-state index is -0.830. The number of rotatable bonds is 3. The topological polar surface area (TPSA) is 86.6 Å². The molecule has 2 saturated heterocycles. The first kappa shape index (κ1) is 12.8. The summed E-state index contributed by atoms with van der Waals surface area (Å²) < 4.78 is 0. The minimum Gasteiger partial charge on any atom is -0.481 e. The van der Waals surface area contributed by atoms with E-state index in [1.165, 1.54) is 0 Å². The highest BCUT2D eigenvalue weighted by molar-refractivity contribution is 5.87. The fourth-order valence-corrected chi connectivity index (χ4v) is 2.73. The van der Waals surface area contributed by atoms with Crippen molar-refractivity contribution < 1.29 is 14.7 Å². The molecule has 0 radical (unpaired) electrons. The number of aliphatic carboxylic acids is 1. The van der Waals surface area contributed by atoms with Gasteiger partial charge in [-0.15, -0.1) is 0 Å². The van der Waals surface area contributed by atoms with Crippen LogP contribution in [0.1, 0.15) is 12.8 Å². The van der Waals surface area contributed by atoms with Gasteiger partial charge in [0.25, 0.3) is 0 Å². The van der Waals surface area contributed by atoms with Crippen molar-refractivity contribution in [1.29, 1.82) is 0 Å². The van der Waals surface area contributed by atoms with Crippen molar-refractivity contribution in [2.45, 2.75) is 18.9 Å². The molecule has 0 bridgehead atoms. The highest BCUT2D eigenvalue weighted by atomic mass is 16.4. The molecule has 3 rings (SSSR count). The third kappa shape index (κ3) is 2.19. The molecule has 7 nitrogen and oxygen atoms in total. The molecule has 2 aliphatic heterocycles. The number of amides is 1. The fourth-order valence-electron chi connectivity index (χ4n) is 2.73. The highest BCUT2D eigenvalue weighted by Gasteiger charge is 2.41. The lowest BCUT2D eigenvalue weighted by Gasteiger charge is -2.39. The molecule has 0 aliphatic carbocycles. The number of carboxylic acid groups (broad SMARTS) is 1. The van der Waals surface area contributed by atoms with Crippen LogP contribution < -0.4 is 4.90 Å². The predicted molar refractivity (Wildman–Crippen MR) is 70.1 cm³/mol. The fraction of sp³-hybridized carbons (Fsp3) is 0.538. The van der Waals surface area contributed by atoms with Gasteiger partial charge in [-0.25, -0.2) is 9.97 Å². The van der Waals surface area contributed by atoms with Crippen molar-refractivity contribution in [3.63, 3.8) is 0 Å². The molecule has 106 valence electrons. The van der Waals surface area contributed by atoms with Gasteiger partial charge in [0.2, 0.25) is 11.9 Å². The number of likely N-dealkylation sites (tertiary alicyclic amines) is 1. The molecule has 7 heteroatoms. The Morgan fingerprint density at radius 2 is 1.95 bits per heavy atom.